The van der Waals surface area contributed by atoms with Crippen molar-refractivity contribution in [2.45, 2.75) is 24.9 Å². The van der Waals surface area contributed by atoms with Gasteiger partial charge in [-0.1, -0.05) is 0 Å². The Labute approximate surface area is 101 Å². The summed E-state index contributed by atoms with van der Waals surface area (Å²) in [6.45, 7) is 0. The Balaban J connectivity index is 0. The number of carbonyl (C=O) groups is 4. The summed E-state index contributed by atoms with van der Waals surface area (Å²) in [5.41, 5.74) is 9.67. The van der Waals surface area contributed by atoms with E-state index in [1.807, 2.05) is 0 Å². The Morgan fingerprint density at radius 1 is 0.722 bits per heavy atom. The van der Waals surface area contributed by atoms with Crippen LogP contribution in [0.2, 0.25) is 0 Å². The maximum atomic E-state index is 9.85. The monoisotopic (exact) mass is 266 g/mol. The molecule has 0 aliphatic carbocycles. The number of hydrogen-bond acceptors (Lipinski definition) is 6. The normalized spacial score (nSPS) is 12.6. The van der Waals surface area contributed by atoms with E-state index in [9.17, 15) is 19.2 Å². The molecule has 2 atom stereocenters. The Bertz CT molecular complexity index is 297. The molecule has 18 heavy (non-hydrogen) atoms. The van der Waals surface area contributed by atoms with Crippen LogP contribution >= 0.6 is 0 Å². The van der Waals surface area contributed by atoms with Gasteiger partial charge in [-0.05, 0) is 0 Å². The quantitative estimate of drug-likeness (QED) is 0.304. The van der Waals surface area contributed by atoms with Crippen LogP contribution in [0.4, 0.5) is 0 Å². The minimum Gasteiger partial charge on any atom is -0.481 e. The Morgan fingerprint density at radius 3 is 1.00 bits per heavy atom. The lowest BCUT2D eigenvalue weighted by molar-refractivity contribution is -0.144. The first kappa shape index (κ1) is 18.2. The van der Waals surface area contributed by atoms with Crippen molar-refractivity contribution in [1.29, 1.82) is 0 Å². The highest BCUT2D eigenvalue weighted by atomic mass is 16.4. The lowest BCUT2D eigenvalue weighted by atomic mass is 10.2. The third-order valence-corrected chi connectivity index (χ3v) is 1.42. The molecule has 0 saturated carbocycles. The van der Waals surface area contributed by atoms with Gasteiger partial charge in [0.25, 0.3) is 0 Å². The van der Waals surface area contributed by atoms with Crippen LogP contribution in [0.1, 0.15) is 12.8 Å². The SMILES string of the molecule is NC(CC(=O)O)C(=O)O.NC(CC(=O)O)C(=O)O. The van der Waals surface area contributed by atoms with Crippen LogP contribution in [0.5, 0.6) is 0 Å². The van der Waals surface area contributed by atoms with Gasteiger partial charge in [0, 0.05) is 0 Å². The predicted octanol–water partition coefficient (Wildman–Crippen LogP) is -2.25. The highest BCUT2D eigenvalue weighted by Gasteiger charge is 2.15. The number of nitrogens with two attached hydrogens (primary N) is 2. The largest absolute Gasteiger partial charge is 0.481 e. The molecule has 0 bridgehead atoms. The average Bonchev–Trinajstić information content (AvgIpc) is 2.16. The predicted molar refractivity (Wildman–Crippen MR) is 55.7 cm³/mol. The van der Waals surface area contributed by atoms with Crippen molar-refractivity contribution in [3.05, 3.63) is 0 Å². The van der Waals surface area contributed by atoms with E-state index in [0.29, 0.717) is 0 Å². The molecule has 0 saturated heterocycles. The van der Waals surface area contributed by atoms with Crippen LogP contribution < -0.4 is 11.5 Å². The number of rotatable bonds is 6. The maximum absolute atomic E-state index is 9.85. The zero-order chi connectivity index (χ0) is 14.9. The number of aliphatic carboxylic acids is 4. The Kier molecular flexibility index (Phi) is 8.98. The number of carboxylic acid groups (broad SMARTS) is 4. The average molecular weight is 266 g/mol. The standard InChI is InChI=1S/2C4H7NO4/c2*5-2(4(8)9)1-3(6)7/h2*2H,1,5H2,(H,6,7)(H,8,9). The smallest absolute Gasteiger partial charge is 0.321 e. The minimum atomic E-state index is -1.29. The lowest BCUT2D eigenvalue weighted by Gasteiger charge is -1.99. The van der Waals surface area contributed by atoms with Crippen LogP contribution in [0.25, 0.3) is 0 Å². The van der Waals surface area contributed by atoms with Crippen molar-refractivity contribution in [2.75, 3.05) is 0 Å². The summed E-state index contributed by atoms with van der Waals surface area (Å²) in [5.74, 6) is -5.00. The molecule has 0 aromatic rings. The molecule has 10 nitrogen and oxygen atoms in total. The second kappa shape index (κ2) is 8.90. The van der Waals surface area contributed by atoms with Gasteiger partial charge in [0.1, 0.15) is 12.1 Å². The van der Waals surface area contributed by atoms with Gasteiger partial charge in [0.2, 0.25) is 0 Å². The maximum Gasteiger partial charge on any atom is 0.321 e. The Morgan fingerprint density at radius 2 is 0.944 bits per heavy atom. The Hall–Kier alpha value is -2.20. The number of carboxylic acids is 4. The highest BCUT2D eigenvalue weighted by Crippen LogP contribution is 1.86. The van der Waals surface area contributed by atoms with E-state index < -0.39 is 48.8 Å². The summed E-state index contributed by atoms with van der Waals surface area (Å²) >= 11 is 0. The summed E-state index contributed by atoms with van der Waals surface area (Å²) in [4.78, 5) is 39.2. The van der Waals surface area contributed by atoms with Gasteiger partial charge >= 0.3 is 23.9 Å². The lowest BCUT2D eigenvalue weighted by Crippen LogP contribution is -2.32. The molecule has 0 aliphatic heterocycles. The molecule has 0 aromatic carbocycles. The van der Waals surface area contributed by atoms with Crippen molar-refractivity contribution in [3.63, 3.8) is 0 Å². The summed E-state index contributed by atoms with van der Waals surface area (Å²) in [5, 5.41) is 32.1. The van der Waals surface area contributed by atoms with E-state index in [1.165, 1.54) is 0 Å². The van der Waals surface area contributed by atoms with Crippen LogP contribution in [-0.2, 0) is 19.2 Å². The summed E-state index contributed by atoms with van der Waals surface area (Å²) in [7, 11) is 0. The first-order chi connectivity index (χ1) is 8.07. The molecule has 0 rings (SSSR count). The zero-order valence-corrected chi connectivity index (χ0v) is 9.15. The zero-order valence-electron chi connectivity index (χ0n) is 9.15. The molecule has 0 heterocycles. The van der Waals surface area contributed by atoms with Gasteiger partial charge < -0.3 is 31.9 Å². The van der Waals surface area contributed by atoms with Gasteiger partial charge in [-0.25, -0.2) is 0 Å². The first-order valence-electron chi connectivity index (χ1n) is 4.48. The molecular weight excluding hydrogens is 252 g/mol. The fraction of sp³-hybridized carbons (Fsp3) is 0.500. The highest BCUT2D eigenvalue weighted by molar-refractivity contribution is 5.80. The molecule has 0 spiro atoms. The second-order valence-electron chi connectivity index (χ2n) is 3.09. The van der Waals surface area contributed by atoms with E-state index in [0.717, 1.165) is 0 Å². The van der Waals surface area contributed by atoms with Gasteiger partial charge in [-0.3, -0.25) is 19.2 Å². The fourth-order valence-corrected chi connectivity index (χ4v) is 0.551. The van der Waals surface area contributed by atoms with Crippen LogP contribution in [0, 0.1) is 0 Å². The van der Waals surface area contributed by atoms with Gasteiger partial charge in [-0.15, -0.1) is 0 Å². The summed E-state index contributed by atoms with van der Waals surface area (Å²) in [6, 6.07) is -2.58. The van der Waals surface area contributed by atoms with Crippen LogP contribution in [0.15, 0.2) is 0 Å². The van der Waals surface area contributed by atoms with Crippen LogP contribution in [-0.4, -0.2) is 56.4 Å². The van der Waals surface area contributed by atoms with Crippen molar-refractivity contribution >= 4 is 23.9 Å². The van der Waals surface area contributed by atoms with Crippen molar-refractivity contribution in [3.8, 4) is 0 Å². The minimum absolute atomic E-state index is 0.532. The van der Waals surface area contributed by atoms with E-state index >= 15 is 0 Å². The van der Waals surface area contributed by atoms with Crippen molar-refractivity contribution in [2.24, 2.45) is 11.5 Å². The molecule has 0 amide bonds. The molecule has 104 valence electrons. The molecule has 0 aromatic heterocycles. The van der Waals surface area contributed by atoms with Gasteiger partial charge in [0.05, 0.1) is 12.8 Å². The molecule has 10 heteroatoms. The fourth-order valence-electron chi connectivity index (χ4n) is 0.551. The molecule has 0 fully saturated rings. The van der Waals surface area contributed by atoms with E-state index in [4.69, 9.17) is 31.9 Å². The van der Waals surface area contributed by atoms with E-state index in [1.54, 1.807) is 0 Å². The number of hydrogen-bond donors (Lipinski definition) is 6. The van der Waals surface area contributed by atoms with E-state index in [-0.39, 0.29) is 0 Å². The first-order valence-corrected chi connectivity index (χ1v) is 4.48. The molecular formula is C8H14N2O8. The third kappa shape index (κ3) is 11.9. The second-order valence-corrected chi connectivity index (χ2v) is 3.09. The topological polar surface area (TPSA) is 201 Å². The van der Waals surface area contributed by atoms with Crippen molar-refractivity contribution < 1.29 is 39.6 Å². The van der Waals surface area contributed by atoms with Crippen LogP contribution in [0.3, 0.4) is 0 Å². The van der Waals surface area contributed by atoms with Crippen molar-refractivity contribution in [1.82, 2.24) is 0 Å². The van der Waals surface area contributed by atoms with Gasteiger partial charge in [0.15, 0.2) is 0 Å². The molecule has 2 unspecified atom stereocenters. The molecule has 8 N–H and O–H groups in total. The van der Waals surface area contributed by atoms with E-state index in [2.05, 4.69) is 0 Å². The summed E-state index contributed by atoms with van der Waals surface area (Å²) in [6.07, 6.45) is -1.06. The third-order valence-electron chi connectivity index (χ3n) is 1.42. The molecule has 0 radical (unpaired) electrons. The van der Waals surface area contributed by atoms with Gasteiger partial charge in [-0.2, -0.15) is 0 Å². The summed E-state index contributed by atoms with van der Waals surface area (Å²) < 4.78 is 0. The molecule has 0 aliphatic rings.